The molecular weight excluding hydrogens is 470 g/mol. The topological polar surface area (TPSA) is 88.1 Å². The number of methoxy groups -OCH3 is 1. The van der Waals surface area contributed by atoms with Crippen molar-refractivity contribution in [1.29, 1.82) is 0 Å². The van der Waals surface area contributed by atoms with Crippen LogP contribution >= 0.6 is 22.9 Å². The van der Waals surface area contributed by atoms with Crippen molar-refractivity contribution >= 4 is 50.3 Å². The Labute approximate surface area is 196 Å². The van der Waals surface area contributed by atoms with Crippen molar-refractivity contribution < 1.29 is 17.9 Å². The molecule has 0 radical (unpaired) electrons. The zero-order valence-electron chi connectivity index (χ0n) is 17.7. The van der Waals surface area contributed by atoms with Crippen LogP contribution in [0, 0.1) is 6.92 Å². The number of carbonyl (C=O) groups excluding carboxylic acids is 1. The lowest BCUT2D eigenvalue weighted by Crippen LogP contribution is -2.39. The Kier molecular flexibility index (Phi) is 7.55. The minimum atomic E-state index is -4.06. The fraction of sp³-hybridized carbons (Fsp3) is 0.182. The second-order valence-electron chi connectivity index (χ2n) is 6.85. The van der Waals surface area contributed by atoms with Crippen molar-refractivity contribution in [3.8, 4) is 5.75 Å². The Morgan fingerprint density at radius 2 is 1.91 bits per heavy atom. The minimum Gasteiger partial charge on any atom is -0.495 e. The Balaban J connectivity index is 1.93. The van der Waals surface area contributed by atoms with Crippen molar-refractivity contribution in [3.63, 3.8) is 0 Å². The summed E-state index contributed by atoms with van der Waals surface area (Å²) in [6.45, 7) is 3.13. The van der Waals surface area contributed by atoms with Crippen LogP contribution in [0.2, 0.25) is 5.02 Å². The molecule has 168 valence electrons. The number of anilines is 1. The van der Waals surface area contributed by atoms with Crippen LogP contribution in [-0.4, -0.2) is 33.7 Å². The average Bonchev–Trinajstić information content (AvgIpc) is 3.31. The molecule has 1 N–H and O–H groups in total. The molecule has 0 spiro atoms. The third-order valence-corrected chi connectivity index (χ3v) is 7.61. The predicted molar refractivity (Wildman–Crippen MR) is 128 cm³/mol. The molecule has 32 heavy (non-hydrogen) atoms. The number of amides is 1. The first-order valence-electron chi connectivity index (χ1n) is 9.52. The van der Waals surface area contributed by atoms with Gasteiger partial charge in [0.25, 0.3) is 15.9 Å². The highest BCUT2D eigenvalue weighted by Gasteiger charge is 2.28. The molecule has 0 fully saturated rings. The molecule has 1 heterocycles. The van der Waals surface area contributed by atoms with Crippen molar-refractivity contribution in [1.82, 2.24) is 5.43 Å². The Morgan fingerprint density at radius 1 is 1.19 bits per heavy atom. The van der Waals surface area contributed by atoms with Gasteiger partial charge in [0.1, 0.15) is 12.3 Å². The smallest absolute Gasteiger partial charge is 0.264 e. The molecule has 0 saturated carbocycles. The van der Waals surface area contributed by atoms with E-state index in [2.05, 4.69) is 10.5 Å². The number of carbonyl (C=O) groups is 1. The minimum absolute atomic E-state index is 0.0566. The van der Waals surface area contributed by atoms with E-state index in [9.17, 15) is 13.2 Å². The van der Waals surface area contributed by atoms with E-state index >= 15 is 0 Å². The van der Waals surface area contributed by atoms with Crippen LogP contribution in [0.3, 0.4) is 0 Å². The normalized spacial score (nSPS) is 11.8. The van der Waals surface area contributed by atoms with Crippen LogP contribution < -0.4 is 14.5 Å². The molecule has 1 aromatic heterocycles. The predicted octanol–water partition coefficient (Wildman–Crippen LogP) is 4.45. The van der Waals surface area contributed by atoms with E-state index in [-0.39, 0.29) is 15.6 Å². The van der Waals surface area contributed by atoms with Gasteiger partial charge in [-0.15, -0.1) is 11.3 Å². The van der Waals surface area contributed by atoms with E-state index in [1.54, 1.807) is 25.1 Å². The lowest BCUT2D eigenvalue weighted by atomic mass is 10.2. The van der Waals surface area contributed by atoms with Gasteiger partial charge in [0, 0.05) is 4.88 Å². The summed E-state index contributed by atoms with van der Waals surface area (Å²) in [5, 5.41) is 6.21. The van der Waals surface area contributed by atoms with Crippen molar-refractivity contribution in [2.75, 3.05) is 18.0 Å². The maximum atomic E-state index is 13.4. The molecule has 10 heteroatoms. The Morgan fingerprint density at radius 3 is 2.50 bits per heavy atom. The van der Waals surface area contributed by atoms with Gasteiger partial charge in [-0.05, 0) is 55.6 Å². The number of ether oxygens (including phenoxy) is 1. The number of nitrogens with one attached hydrogen (secondary N) is 1. The molecule has 0 aliphatic rings. The lowest BCUT2D eigenvalue weighted by molar-refractivity contribution is -0.119. The second-order valence-corrected chi connectivity index (χ2v) is 10.1. The quantitative estimate of drug-likeness (QED) is 0.372. The van der Waals surface area contributed by atoms with Gasteiger partial charge in [-0.2, -0.15) is 5.10 Å². The van der Waals surface area contributed by atoms with Crippen molar-refractivity contribution in [2.45, 2.75) is 18.7 Å². The van der Waals surface area contributed by atoms with Crippen LogP contribution in [-0.2, 0) is 14.8 Å². The highest BCUT2D eigenvalue weighted by Crippen LogP contribution is 2.32. The van der Waals surface area contributed by atoms with Crippen molar-refractivity contribution in [2.24, 2.45) is 5.10 Å². The summed E-state index contributed by atoms with van der Waals surface area (Å²) in [6, 6.07) is 14.7. The van der Waals surface area contributed by atoms with Gasteiger partial charge in [0.15, 0.2) is 0 Å². The molecular formula is C22H22ClN3O4S2. The maximum Gasteiger partial charge on any atom is 0.264 e. The summed E-state index contributed by atoms with van der Waals surface area (Å²) in [6.07, 6.45) is 0. The number of thiophene rings is 1. The molecule has 1 amide bonds. The fourth-order valence-corrected chi connectivity index (χ4v) is 5.16. The number of hydrogen-bond donors (Lipinski definition) is 1. The summed E-state index contributed by atoms with van der Waals surface area (Å²) >= 11 is 7.71. The molecule has 0 atom stereocenters. The standard InChI is InChI=1S/C22H22ClN3O4S2/c1-15-6-9-18(10-7-15)32(28,29)26(17-8-11-20(30-3)19(23)13-17)14-22(27)25-24-16(2)21-5-4-12-31-21/h4-13H,14H2,1-3H3,(H,25,27)/b24-16-. The number of hydrazone groups is 1. The van der Waals surface area contributed by atoms with E-state index < -0.39 is 22.5 Å². The van der Waals surface area contributed by atoms with Crippen LogP contribution in [0.5, 0.6) is 5.75 Å². The first kappa shape index (κ1) is 23.8. The van der Waals surface area contributed by atoms with Crippen LogP contribution in [0.15, 0.2) is 70.0 Å². The molecule has 3 rings (SSSR count). The van der Waals surface area contributed by atoms with Gasteiger partial charge in [0.05, 0.1) is 28.4 Å². The van der Waals surface area contributed by atoms with Crippen LogP contribution in [0.1, 0.15) is 17.4 Å². The van der Waals surface area contributed by atoms with Gasteiger partial charge in [-0.1, -0.05) is 35.4 Å². The number of halogens is 1. The summed E-state index contributed by atoms with van der Waals surface area (Å²) < 4.78 is 33.0. The average molecular weight is 492 g/mol. The molecule has 0 aliphatic carbocycles. The van der Waals surface area contributed by atoms with Crippen LogP contribution in [0.25, 0.3) is 0 Å². The van der Waals surface area contributed by atoms with E-state index in [1.807, 2.05) is 24.4 Å². The maximum absolute atomic E-state index is 13.4. The van der Waals surface area contributed by atoms with Crippen LogP contribution in [0.4, 0.5) is 5.69 Å². The summed E-state index contributed by atoms with van der Waals surface area (Å²) in [5.41, 5.74) is 4.20. The number of hydrogen-bond acceptors (Lipinski definition) is 6. The zero-order valence-corrected chi connectivity index (χ0v) is 20.1. The Hall–Kier alpha value is -2.88. The van der Waals surface area contributed by atoms with E-state index in [0.29, 0.717) is 11.5 Å². The van der Waals surface area contributed by atoms with Gasteiger partial charge in [0.2, 0.25) is 0 Å². The van der Waals surface area contributed by atoms with Gasteiger partial charge in [-0.3, -0.25) is 9.10 Å². The third-order valence-electron chi connectivity index (χ3n) is 4.55. The van der Waals surface area contributed by atoms with Gasteiger partial charge in [-0.25, -0.2) is 13.8 Å². The SMILES string of the molecule is COc1ccc(N(CC(=O)N/N=C(/C)c2cccs2)S(=O)(=O)c2ccc(C)cc2)cc1Cl. The summed E-state index contributed by atoms with van der Waals surface area (Å²) in [5.74, 6) is -0.202. The first-order valence-corrected chi connectivity index (χ1v) is 12.2. The number of sulfonamides is 1. The molecule has 0 unspecified atom stereocenters. The molecule has 7 nitrogen and oxygen atoms in total. The monoisotopic (exact) mass is 491 g/mol. The summed E-state index contributed by atoms with van der Waals surface area (Å²) in [7, 11) is -2.60. The zero-order chi connectivity index (χ0) is 23.3. The third kappa shape index (κ3) is 5.48. The molecule has 2 aromatic carbocycles. The molecule has 3 aromatic rings. The first-order chi connectivity index (χ1) is 15.2. The number of benzene rings is 2. The largest absolute Gasteiger partial charge is 0.495 e. The highest BCUT2D eigenvalue weighted by atomic mass is 35.5. The Bertz CT molecular complexity index is 1220. The number of nitrogens with zero attached hydrogens (tertiary/aromatic N) is 2. The summed E-state index contributed by atoms with van der Waals surface area (Å²) in [4.78, 5) is 13.6. The van der Waals surface area contributed by atoms with E-state index in [1.165, 1.54) is 42.7 Å². The highest BCUT2D eigenvalue weighted by molar-refractivity contribution is 7.92. The van der Waals surface area contributed by atoms with E-state index in [4.69, 9.17) is 16.3 Å². The second kappa shape index (κ2) is 10.2. The van der Waals surface area contributed by atoms with E-state index in [0.717, 1.165) is 14.7 Å². The van der Waals surface area contributed by atoms with Crippen molar-refractivity contribution in [3.05, 3.63) is 75.4 Å². The van der Waals surface area contributed by atoms with Gasteiger partial charge < -0.3 is 4.74 Å². The number of rotatable bonds is 8. The van der Waals surface area contributed by atoms with Gasteiger partial charge >= 0.3 is 0 Å². The lowest BCUT2D eigenvalue weighted by Gasteiger charge is -2.24. The number of aryl methyl sites for hydroxylation is 1. The molecule has 0 saturated heterocycles. The molecule has 0 bridgehead atoms. The molecule has 0 aliphatic heterocycles. The fourth-order valence-electron chi connectivity index (χ4n) is 2.81.